The van der Waals surface area contributed by atoms with Crippen LogP contribution in [0.4, 0.5) is 5.69 Å². The number of hydrogen-bond acceptors (Lipinski definition) is 2. The normalized spacial score (nSPS) is 17.2. The molecular formula is C14H16BrNO3. The average molecular weight is 326 g/mol. The highest BCUT2D eigenvalue weighted by Crippen LogP contribution is 2.38. The smallest absolute Gasteiger partial charge is 0.337 e. The summed E-state index contributed by atoms with van der Waals surface area (Å²) in [6.07, 6.45) is 3.82. The molecule has 1 saturated carbocycles. The number of aromatic carboxylic acids is 1. The van der Waals surface area contributed by atoms with E-state index in [9.17, 15) is 9.59 Å². The predicted molar refractivity (Wildman–Crippen MR) is 76.3 cm³/mol. The standard InChI is InChI=1S/C14H16BrNO3/c1-14(6-2-3-7-14)13(19)16-11-5-4-9(15)8-10(11)12(17)18/h4-5,8H,2-3,6-7H2,1H3,(H,16,19)(H,17,18). The summed E-state index contributed by atoms with van der Waals surface area (Å²) in [6.45, 7) is 1.94. The first-order valence-corrected chi connectivity index (χ1v) is 7.06. The number of carboxylic acid groups (broad SMARTS) is 1. The molecule has 0 aliphatic heterocycles. The Balaban J connectivity index is 2.23. The van der Waals surface area contributed by atoms with Crippen molar-refractivity contribution in [2.24, 2.45) is 5.41 Å². The maximum absolute atomic E-state index is 12.3. The molecule has 102 valence electrons. The van der Waals surface area contributed by atoms with E-state index in [1.165, 1.54) is 6.07 Å². The number of carbonyl (C=O) groups is 2. The van der Waals surface area contributed by atoms with Crippen LogP contribution in [0, 0.1) is 5.41 Å². The lowest BCUT2D eigenvalue weighted by molar-refractivity contribution is -0.124. The molecule has 0 atom stereocenters. The zero-order chi connectivity index (χ0) is 14.0. The Bertz CT molecular complexity index is 521. The van der Waals surface area contributed by atoms with Crippen LogP contribution in [0.25, 0.3) is 0 Å². The molecule has 0 bridgehead atoms. The van der Waals surface area contributed by atoms with Gasteiger partial charge in [0.2, 0.25) is 5.91 Å². The maximum Gasteiger partial charge on any atom is 0.337 e. The molecule has 4 nitrogen and oxygen atoms in total. The number of halogens is 1. The number of hydrogen-bond donors (Lipinski definition) is 2. The molecular weight excluding hydrogens is 310 g/mol. The van der Waals surface area contributed by atoms with Crippen molar-refractivity contribution in [3.63, 3.8) is 0 Å². The monoisotopic (exact) mass is 325 g/mol. The van der Waals surface area contributed by atoms with Crippen LogP contribution in [0.3, 0.4) is 0 Å². The van der Waals surface area contributed by atoms with Crippen LogP contribution in [-0.2, 0) is 4.79 Å². The van der Waals surface area contributed by atoms with Gasteiger partial charge in [-0.1, -0.05) is 35.7 Å². The van der Waals surface area contributed by atoms with Gasteiger partial charge in [-0.05, 0) is 31.0 Å². The van der Waals surface area contributed by atoms with Crippen molar-refractivity contribution in [2.75, 3.05) is 5.32 Å². The van der Waals surface area contributed by atoms with Gasteiger partial charge >= 0.3 is 5.97 Å². The molecule has 0 aromatic heterocycles. The summed E-state index contributed by atoms with van der Waals surface area (Å²) < 4.78 is 0.676. The van der Waals surface area contributed by atoms with Gasteiger partial charge in [0.15, 0.2) is 0 Å². The minimum absolute atomic E-state index is 0.0881. The minimum Gasteiger partial charge on any atom is -0.478 e. The van der Waals surface area contributed by atoms with E-state index in [-0.39, 0.29) is 16.9 Å². The van der Waals surface area contributed by atoms with Gasteiger partial charge in [0.1, 0.15) is 0 Å². The molecule has 2 N–H and O–H groups in total. The van der Waals surface area contributed by atoms with Crippen molar-refractivity contribution in [2.45, 2.75) is 32.6 Å². The molecule has 19 heavy (non-hydrogen) atoms. The first-order valence-electron chi connectivity index (χ1n) is 6.27. The number of amides is 1. The molecule has 0 spiro atoms. The number of rotatable bonds is 3. The van der Waals surface area contributed by atoms with E-state index in [1.807, 2.05) is 6.92 Å². The van der Waals surface area contributed by atoms with Crippen molar-refractivity contribution >= 4 is 33.5 Å². The second kappa shape index (κ2) is 5.33. The molecule has 2 rings (SSSR count). The number of benzene rings is 1. The summed E-state index contributed by atoms with van der Waals surface area (Å²) >= 11 is 3.23. The van der Waals surface area contributed by atoms with Gasteiger partial charge in [-0.15, -0.1) is 0 Å². The molecule has 0 radical (unpaired) electrons. The highest BCUT2D eigenvalue weighted by molar-refractivity contribution is 9.10. The van der Waals surface area contributed by atoms with E-state index in [0.717, 1.165) is 25.7 Å². The molecule has 0 heterocycles. The van der Waals surface area contributed by atoms with Crippen LogP contribution >= 0.6 is 15.9 Å². The van der Waals surface area contributed by atoms with Crippen LogP contribution in [0.1, 0.15) is 43.0 Å². The molecule has 1 fully saturated rings. The van der Waals surface area contributed by atoms with Crippen LogP contribution in [-0.4, -0.2) is 17.0 Å². The lowest BCUT2D eigenvalue weighted by Gasteiger charge is -2.22. The highest BCUT2D eigenvalue weighted by Gasteiger charge is 2.36. The van der Waals surface area contributed by atoms with Crippen molar-refractivity contribution in [3.8, 4) is 0 Å². The van der Waals surface area contributed by atoms with Crippen molar-refractivity contribution < 1.29 is 14.7 Å². The maximum atomic E-state index is 12.3. The topological polar surface area (TPSA) is 66.4 Å². The van der Waals surface area contributed by atoms with Gasteiger partial charge in [-0.2, -0.15) is 0 Å². The highest BCUT2D eigenvalue weighted by atomic mass is 79.9. The number of anilines is 1. The lowest BCUT2D eigenvalue weighted by Crippen LogP contribution is -2.31. The third kappa shape index (κ3) is 2.97. The molecule has 1 aliphatic carbocycles. The van der Waals surface area contributed by atoms with Crippen LogP contribution in [0.5, 0.6) is 0 Å². The van der Waals surface area contributed by atoms with Crippen molar-refractivity contribution in [1.82, 2.24) is 0 Å². The fourth-order valence-electron chi connectivity index (χ4n) is 2.46. The Kier molecular flexibility index (Phi) is 3.94. The van der Waals surface area contributed by atoms with Gasteiger partial charge in [0.25, 0.3) is 0 Å². The Labute approximate surface area is 120 Å². The number of nitrogens with one attached hydrogen (secondary N) is 1. The van der Waals surface area contributed by atoms with Crippen molar-refractivity contribution in [3.05, 3.63) is 28.2 Å². The fourth-order valence-corrected chi connectivity index (χ4v) is 2.82. The summed E-state index contributed by atoms with van der Waals surface area (Å²) in [7, 11) is 0. The summed E-state index contributed by atoms with van der Waals surface area (Å²) in [5.74, 6) is -1.14. The van der Waals surface area contributed by atoms with E-state index in [4.69, 9.17) is 5.11 Å². The minimum atomic E-state index is -1.05. The second-order valence-electron chi connectivity index (χ2n) is 5.22. The molecule has 1 amide bonds. The third-order valence-electron chi connectivity index (χ3n) is 3.72. The lowest BCUT2D eigenvalue weighted by atomic mass is 9.87. The van der Waals surface area contributed by atoms with Crippen molar-refractivity contribution in [1.29, 1.82) is 0 Å². The molecule has 5 heteroatoms. The van der Waals surface area contributed by atoms with Gasteiger partial charge in [0, 0.05) is 9.89 Å². The van der Waals surface area contributed by atoms with Gasteiger partial charge < -0.3 is 10.4 Å². The SMILES string of the molecule is CC1(C(=O)Nc2ccc(Br)cc2C(=O)O)CCCC1. The number of carboxylic acids is 1. The van der Waals surface area contributed by atoms with Crippen LogP contribution in [0.15, 0.2) is 22.7 Å². The summed E-state index contributed by atoms with van der Waals surface area (Å²) in [6, 6.07) is 4.83. The predicted octanol–water partition coefficient (Wildman–Crippen LogP) is 3.67. The van der Waals surface area contributed by atoms with E-state index < -0.39 is 5.97 Å². The number of carbonyl (C=O) groups excluding carboxylic acids is 1. The molecule has 1 aromatic carbocycles. The first-order chi connectivity index (χ1) is 8.92. The largest absolute Gasteiger partial charge is 0.478 e. The fraction of sp³-hybridized carbons (Fsp3) is 0.429. The quantitative estimate of drug-likeness (QED) is 0.891. The summed E-state index contributed by atoms with van der Waals surface area (Å²) in [4.78, 5) is 23.5. The molecule has 0 unspecified atom stereocenters. The zero-order valence-electron chi connectivity index (χ0n) is 10.7. The van der Waals surface area contributed by atoms with Crippen LogP contribution in [0.2, 0.25) is 0 Å². The summed E-state index contributed by atoms with van der Waals surface area (Å²) in [5, 5.41) is 11.9. The Hall–Kier alpha value is -1.36. The van der Waals surface area contributed by atoms with Gasteiger partial charge in [-0.25, -0.2) is 4.79 Å². The molecule has 0 saturated heterocycles. The average Bonchev–Trinajstić information content (AvgIpc) is 2.79. The van der Waals surface area contributed by atoms with E-state index in [0.29, 0.717) is 10.2 Å². The van der Waals surface area contributed by atoms with Gasteiger partial charge in [-0.3, -0.25) is 4.79 Å². The zero-order valence-corrected chi connectivity index (χ0v) is 12.3. The van der Waals surface area contributed by atoms with Gasteiger partial charge in [0.05, 0.1) is 11.3 Å². The summed E-state index contributed by atoms with van der Waals surface area (Å²) in [5.41, 5.74) is 0.0844. The Morgan fingerprint density at radius 3 is 2.53 bits per heavy atom. The third-order valence-corrected chi connectivity index (χ3v) is 4.21. The Morgan fingerprint density at radius 1 is 1.32 bits per heavy atom. The Morgan fingerprint density at radius 2 is 1.95 bits per heavy atom. The second-order valence-corrected chi connectivity index (χ2v) is 6.13. The van der Waals surface area contributed by atoms with E-state index >= 15 is 0 Å². The first kappa shape index (κ1) is 14.1. The molecule has 1 aromatic rings. The van der Waals surface area contributed by atoms with E-state index in [1.54, 1.807) is 12.1 Å². The molecule has 1 aliphatic rings. The van der Waals surface area contributed by atoms with Crippen LogP contribution < -0.4 is 5.32 Å². The van der Waals surface area contributed by atoms with E-state index in [2.05, 4.69) is 21.2 Å².